The normalized spacial score (nSPS) is 12.3. The zero-order valence-corrected chi connectivity index (χ0v) is 10.9. The van der Waals surface area contributed by atoms with Crippen molar-refractivity contribution >= 4 is 0 Å². The second kappa shape index (κ2) is 6.20. The van der Waals surface area contributed by atoms with Gasteiger partial charge in [0, 0.05) is 18.4 Å². The number of nitrogens with one attached hydrogen (secondary N) is 1. The van der Waals surface area contributed by atoms with Crippen LogP contribution in [0.1, 0.15) is 24.1 Å². The highest BCUT2D eigenvalue weighted by atomic mass is 16.3. The fourth-order valence-electron chi connectivity index (χ4n) is 2.07. The van der Waals surface area contributed by atoms with E-state index in [9.17, 15) is 10.2 Å². The van der Waals surface area contributed by atoms with Crippen LogP contribution < -0.4 is 5.32 Å². The van der Waals surface area contributed by atoms with Crippen molar-refractivity contribution in [2.75, 3.05) is 6.54 Å². The minimum atomic E-state index is -0.108. The molecular formula is C15H18N2O2. The number of hydrogen-bond acceptors (Lipinski definition) is 4. The molecule has 19 heavy (non-hydrogen) atoms. The zero-order chi connectivity index (χ0) is 13.7. The van der Waals surface area contributed by atoms with Crippen molar-refractivity contribution < 1.29 is 10.2 Å². The minimum absolute atomic E-state index is 0.108. The van der Waals surface area contributed by atoms with Crippen LogP contribution in [0.25, 0.3) is 0 Å². The first-order chi connectivity index (χ1) is 9.18. The van der Waals surface area contributed by atoms with Gasteiger partial charge in [0.25, 0.3) is 0 Å². The fourth-order valence-corrected chi connectivity index (χ4v) is 2.07. The zero-order valence-electron chi connectivity index (χ0n) is 10.9. The first-order valence-electron chi connectivity index (χ1n) is 6.31. The predicted molar refractivity (Wildman–Crippen MR) is 74.1 cm³/mol. The molecule has 4 nitrogen and oxygen atoms in total. The average molecular weight is 258 g/mol. The predicted octanol–water partition coefficient (Wildman–Crippen LogP) is 2.39. The van der Waals surface area contributed by atoms with E-state index < -0.39 is 0 Å². The largest absolute Gasteiger partial charge is 0.507 e. The highest BCUT2D eigenvalue weighted by molar-refractivity contribution is 5.44. The first kappa shape index (κ1) is 13.4. The summed E-state index contributed by atoms with van der Waals surface area (Å²) in [6.07, 6.45) is 4.42. The lowest BCUT2D eigenvalue weighted by atomic mass is 10.1. The van der Waals surface area contributed by atoms with Gasteiger partial charge >= 0.3 is 0 Å². The van der Waals surface area contributed by atoms with E-state index in [1.807, 2.05) is 19.1 Å². The van der Waals surface area contributed by atoms with Crippen molar-refractivity contribution in [3.05, 3.63) is 53.9 Å². The number of aromatic hydroxyl groups is 2. The van der Waals surface area contributed by atoms with Crippen molar-refractivity contribution in [2.24, 2.45) is 0 Å². The van der Waals surface area contributed by atoms with E-state index in [0.29, 0.717) is 5.56 Å². The summed E-state index contributed by atoms with van der Waals surface area (Å²) in [5.41, 5.74) is 1.74. The maximum atomic E-state index is 9.77. The Kier molecular flexibility index (Phi) is 4.36. The fraction of sp³-hybridized carbons (Fsp3) is 0.267. The summed E-state index contributed by atoms with van der Waals surface area (Å²) in [7, 11) is 0. The number of phenols is 2. The number of phenolic OH excluding ortho intramolecular Hbond substituents is 2. The summed E-state index contributed by atoms with van der Waals surface area (Å²) in [6, 6.07) is 8.63. The van der Waals surface area contributed by atoms with Crippen LogP contribution >= 0.6 is 0 Å². The van der Waals surface area contributed by atoms with E-state index >= 15 is 0 Å². The molecule has 0 amide bonds. The number of hydrogen-bond donors (Lipinski definition) is 3. The molecule has 100 valence electrons. The summed E-state index contributed by atoms with van der Waals surface area (Å²) < 4.78 is 0. The summed E-state index contributed by atoms with van der Waals surface area (Å²) in [4.78, 5) is 3.97. The quantitative estimate of drug-likeness (QED) is 0.770. The topological polar surface area (TPSA) is 65.4 Å². The van der Waals surface area contributed by atoms with Gasteiger partial charge < -0.3 is 15.5 Å². The Morgan fingerprint density at radius 2 is 1.74 bits per heavy atom. The minimum Gasteiger partial charge on any atom is -0.507 e. The Labute approximate surface area is 112 Å². The van der Waals surface area contributed by atoms with Crippen LogP contribution in [0.15, 0.2) is 42.7 Å². The highest BCUT2D eigenvalue weighted by Gasteiger charge is 2.13. The van der Waals surface area contributed by atoms with Gasteiger partial charge in [-0.25, -0.2) is 0 Å². The smallest absolute Gasteiger partial charge is 0.124 e. The molecule has 0 saturated carbocycles. The molecule has 2 rings (SSSR count). The van der Waals surface area contributed by atoms with Crippen molar-refractivity contribution in [1.82, 2.24) is 10.3 Å². The highest BCUT2D eigenvalue weighted by Crippen LogP contribution is 2.31. The van der Waals surface area contributed by atoms with Crippen molar-refractivity contribution in [2.45, 2.75) is 19.4 Å². The average Bonchev–Trinajstić information content (AvgIpc) is 2.40. The molecule has 0 bridgehead atoms. The Morgan fingerprint density at radius 3 is 2.37 bits per heavy atom. The van der Waals surface area contributed by atoms with Crippen molar-refractivity contribution in [3.63, 3.8) is 0 Å². The van der Waals surface area contributed by atoms with E-state index in [2.05, 4.69) is 10.3 Å². The number of nitrogens with zero attached hydrogens (tertiary/aromatic N) is 1. The molecule has 0 fully saturated rings. The van der Waals surface area contributed by atoms with Crippen molar-refractivity contribution in [3.8, 4) is 11.5 Å². The summed E-state index contributed by atoms with van der Waals surface area (Å²) >= 11 is 0. The molecule has 1 heterocycles. The standard InChI is InChI=1S/C15H18N2O2/c1-11(15-13(18)3-2-4-14(15)19)17-10-7-12-5-8-16-9-6-12/h2-6,8-9,11,17-19H,7,10H2,1H3. The summed E-state index contributed by atoms with van der Waals surface area (Å²) in [5, 5.41) is 22.8. The molecule has 0 spiro atoms. The second-order valence-corrected chi connectivity index (χ2v) is 4.49. The first-order valence-corrected chi connectivity index (χ1v) is 6.31. The van der Waals surface area contributed by atoms with Gasteiger partial charge in [0.1, 0.15) is 11.5 Å². The monoisotopic (exact) mass is 258 g/mol. The van der Waals surface area contributed by atoms with Gasteiger partial charge in [0.2, 0.25) is 0 Å². The number of benzene rings is 1. The van der Waals surface area contributed by atoms with Gasteiger partial charge in [-0.1, -0.05) is 6.07 Å². The van der Waals surface area contributed by atoms with Crippen LogP contribution in [0.3, 0.4) is 0 Å². The van der Waals surface area contributed by atoms with Gasteiger partial charge in [-0.3, -0.25) is 4.98 Å². The number of aromatic nitrogens is 1. The van der Waals surface area contributed by atoms with Crippen LogP contribution in [0.5, 0.6) is 11.5 Å². The van der Waals surface area contributed by atoms with Crippen LogP contribution in [-0.2, 0) is 6.42 Å². The van der Waals surface area contributed by atoms with E-state index in [4.69, 9.17) is 0 Å². The molecule has 2 aromatic rings. The molecule has 0 aliphatic carbocycles. The van der Waals surface area contributed by atoms with Gasteiger partial charge in [-0.2, -0.15) is 0 Å². The number of rotatable bonds is 5. The van der Waals surface area contributed by atoms with Gasteiger partial charge in [-0.05, 0) is 49.7 Å². The molecule has 0 saturated heterocycles. The Balaban J connectivity index is 1.93. The summed E-state index contributed by atoms with van der Waals surface area (Å²) in [5.74, 6) is 0.229. The Bertz CT molecular complexity index is 509. The molecule has 0 aliphatic heterocycles. The Hall–Kier alpha value is -2.07. The van der Waals surface area contributed by atoms with Crippen LogP contribution in [0.2, 0.25) is 0 Å². The third-order valence-corrected chi connectivity index (χ3v) is 3.11. The molecule has 3 N–H and O–H groups in total. The van der Waals surface area contributed by atoms with Crippen molar-refractivity contribution in [1.29, 1.82) is 0 Å². The van der Waals surface area contributed by atoms with Crippen LogP contribution in [-0.4, -0.2) is 21.7 Å². The molecule has 0 radical (unpaired) electrons. The molecule has 1 unspecified atom stereocenters. The molecule has 1 aromatic carbocycles. The maximum absolute atomic E-state index is 9.77. The lowest BCUT2D eigenvalue weighted by molar-refractivity contribution is 0.419. The lowest BCUT2D eigenvalue weighted by Gasteiger charge is -2.16. The molecule has 1 atom stereocenters. The van der Waals surface area contributed by atoms with E-state index in [1.54, 1.807) is 30.6 Å². The third kappa shape index (κ3) is 3.45. The SMILES string of the molecule is CC(NCCc1ccncc1)c1c(O)cccc1O. The molecular weight excluding hydrogens is 240 g/mol. The molecule has 1 aromatic heterocycles. The van der Waals surface area contributed by atoms with Gasteiger partial charge in [-0.15, -0.1) is 0 Å². The van der Waals surface area contributed by atoms with Gasteiger partial charge in [0.05, 0.1) is 5.56 Å². The lowest BCUT2D eigenvalue weighted by Crippen LogP contribution is -2.21. The van der Waals surface area contributed by atoms with E-state index in [-0.39, 0.29) is 17.5 Å². The number of pyridine rings is 1. The van der Waals surface area contributed by atoms with E-state index in [1.165, 1.54) is 5.56 Å². The second-order valence-electron chi connectivity index (χ2n) is 4.49. The van der Waals surface area contributed by atoms with Crippen LogP contribution in [0, 0.1) is 0 Å². The Morgan fingerprint density at radius 1 is 1.11 bits per heavy atom. The maximum Gasteiger partial charge on any atom is 0.124 e. The van der Waals surface area contributed by atoms with Gasteiger partial charge in [0.15, 0.2) is 0 Å². The van der Waals surface area contributed by atoms with E-state index in [0.717, 1.165) is 13.0 Å². The summed E-state index contributed by atoms with van der Waals surface area (Å²) in [6.45, 7) is 2.68. The van der Waals surface area contributed by atoms with Crippen LogP contribution in [0.4, 0.5) is 0 Å². The molecule has 0 aliphatic rings. The third-order valence-electron chi connectivity index (χ3n) is 3.11. The molecule has 4 heteroatoms.